The Hall–Kier alpha value is -3.15. The summed E-state index contributed by atoms with van der Waals surface area (Å²) in [4.78, 5) is 11.9. The van der Waals surface area contributed by atoms with E-state index in [9.17, 15) is 9.90 Å². The van der Waals surface area contributed by atoms with Gasteiger partial charge in [0.15, 0.2) is 0 Å². The van der Waals surface area contributed by atoms with Crippen LogP contribution in [0.4, 0.5) is 0 Å². The van der Waals surface area contributed by atoms with E-state index in [4.69, 9.17) is 18.6 Å². The highest BCUT2D eigenvalue weighted by Gasteiger charge is 2.12. The molecule has 1 aromatic heterocycles. The van der Waals surface area contributed by atoms with Crippen molar-refractivity contribution < 1.29 is 28.5 Å². The van der Waals surface area contributed by atoms with Gasteiger partial charge in [0.25, 0.3) is 0 Å². The van der Waals surface area contributed by atoms with Crippen LogP contribution in [0.15, 0.2) is 53.1 Å². The molecule has 0 bridgehead atoms. The zero-order valence-corrected chi connectivity index (χ0v) is 13.7. The lowest BCUT2D eigenvalue weighted by atomic mass is 10.1. The molecular formula is C19H18O6. The minimum absolute atomic E-state index is 0.0975. The maximum atomic E-state index is 11.9. The molecule has 0 aliphatic heterocycles. The Morgan fingerprint density at radius 3 is 2.60 bits per heavy atom. The molecule has 3 rings (SSSR count). The second-order valence-corrected chi connectivity index (χ2v) is 5.36. The first kappa shape index (κ1) is 16.7. The van der Waals surface area contributed by atoms with Gasteiger partial charge in [-0.25, -0.2) is 0 Å². The fourth-order valence-corrected chi connectivity index (χ4v) is 2.40. The zero-order chi connectivity index (χ0) is 17.6. The lowest BCUT2D eigenvalue weighted by molar-refractivity contribution is -0.143. The van der Waals surface area contributed by atoms with Crippen molar-refractivity contribution in [1.29, 1.82) is 0 Å². The minimum atomic E-state index is -0.367. The third-order valence-corrected chi connectivity index (χ3v) is 3.65. The Morgan fingerprint density at radius 1 is 1.08 bits per heavy atom. The third-order valence-electron chi connectivity index (χ3n) is 3.65. The largest absolute Gasteiger partial charge is 0.508 e. The summed E-state index contributed by atoms with van der Waals surface area (Å²) < 4.78 is 21.1. The number of ether oxygens (including phenoxy) is 3. The van der Waals surface area contributed by atoms with Crippen LogP contribution in [0.2, 0.25) is 0 Å². The molecule has 25 heavy (non-hydrogen) atoms. The van der Waals surface area contributed by atoms with Gasteiger partial charge in [-0.15, -0.1) is 0 Å². The van der Waals surface area contributed by atoms with Crippen LogP contribution in [-0.2, 0) is 16.0 Å². The predicted octanol–water partition coefficient (Wildman–Crippen LogP) is 3.31. The molecule has 1 N–H and O–H groups in total. The Bertz CT molecular complexity index is 850. The molecule has 6 heteroatoms. The monoisotopic (exact) mass is 342 g/mol. The molecule has 0 saturated carbocycles. The van der Waals surface area contributed by atoms with Crippen LogP contribution in [0.1, 0.15) is 5.56 Å². The number of carbonyl (C=O) groups is 1. The zero-order valence-electron chi connectivity index (χ0n) is 13.7. The molecule has 6 nitrogen and oxygen atoms in total. The van der Waals surface area contributed by atoms with Crippen molar-refractivity contribution in [2.75, 3.05) is 20.3 Å². The van der Waals surface area contributed by atoms with Gasteiger partial charge < -0.3 is 23.7 Å². The van der Waals surface area contributed by atoms with Crippen LogP contribution in [-0.4, -0.2) is 31.4 Å². The van der Waals surface area contributed by atoms with Crippen molar-refractivity contribution in [3.8, 4) is 17.2 Å². The number of methoxy groups -OCH3 is 1. The molecule has 3 aromatic rings. The summed E-state index contributed by atoms with van der Waals surface area (Å²) in [6.45, 7) is 0.416. The maximum Gasteiger partial charge on any atom is 0.310 e. The summed E-state index contributed by atoms with van der Waals surface area (Å²) >= 11 is 0. The van der Waals surface area contributed by atoms with E-state index in [-0.39, 0.29) is 31.4 Å². The molecule has 0 aliphatic carbocycles. The van der Waals surface area contributed by atoms with Crippen LogP contribution < -0.4 is 9.47 Å². The van der Waals surface area contributed by atoms with Gasteiger partial charge in [-0.1, -0.05) is 0 Å². The number of phenolic OH excluding ortho intramolecular Hbond substituents is 1. The van der Waals surface area contributed by atoms with Crippen LogP contribution in [0.25, 0.3) is 11.0 Å². The van der Waals surface area contributed by atoms with Crippen molar-refractivity contribution in [2.45, 2.75) is 6.42 Å². The van der Waals surface area contributed by atoms with E-state index < -0.39 is 0 Å². The lowest BCUT2D eigenvalue weighted by Gasteiger charge is -2.08. The predicted molar refractivity (Wildman–Crippen MR) is 91.0 cm³/mol. The third kappa shape index (κ3) is 4.23. The van der Waals surface area contributed by atoms with Crippen molar-refractivity contribution in [2.24, 2.45) is 0 Å². The number of aromatic hydroxyl groups is 1. The van der Waals surface area contributed by atoms with Gasteiger partial charge in [0, 0.05) is 17.0 Å². The summed E-state index contributed by atoms with van der Waals surface area (Å²) in [6.07, 6.45) is 1.60. The molecule has 2 aromatic carbocycles. The second kappa shape index (κ2) is 7.61. The van der Waals surface area contributed by atoms with E-state index in [1.165, 1.54) is 12.3 Å². The first-order chi connectivity index (χ1) is 12.2. The van der Waals surface area contributed by atoms with Gasteiger partial charge in [0.05, 0.1) is 19.8 Å². The van der Waals surface area contributed by atoms with Crippen LogP contribution in [0.3, 0.4) is 0 Å². The quantitative estimate of drug-likeness (QED) is 0.524. The summed E-state index contributed by atoms with van der Waals surface area (Å²) in [5.74, 6) is 1.18. The smallest absolute Gasteiger partial charge is 0.310 e. The fourth-order valence-electron chi connectivity index (χ4n) is 2.40. The van der Waals surface area contributed by atoms with Crippen molar-refractivity contribution >= 4 is 16.9 Å². The number of carbonyl (C=O) groups excluding carboxylic acids is 1. The highest BCUT2D eigenvalue weighted by molar-refractivity contribution is 5.86. The summed E-state index contributed by atoms with van der Waals surface area (Å²) in [5.41, 5.74) is 1.25. The molecule has 130 valence electrons. The van der Waals surface area contributed by atoms with Gasteiger partial charge in [-0.05, 0) is 36.4 Å². The van der Waals surface area contributed by atoms with Gasteiger partial charge >= 0.3 is 5.97 Å². The maximum absolute atomic E-state index is 11.9. The number of hydrogen-bond donors (Lipinski definition) is 1. The van der Waals surface area contributed by atoms with Crippen LogP contribution >= 0.6 is 0 Å². The number of rotatable bonds is 7. The molecule has 0 saturated heterocycles. The van der Waals surface area contributed by atoms with Gasteiger partial charge in [-0.3, -0.25) is 4.79 Å². The van der Waals surface area contributed by atoms with Gasteiger partial charge in [-0.2, -0.15) is 0 Å². The normalized spacial score (nSPS) is 10.6. The van der Waals surface area contributed by atoms with Crippen molar-refractivity contribution in [3.63, 3.8) is 0 Å². The number of benzene rings is 2. The Balaban J connectivity index is 1.46. The average molecular weight is 342 g/mol. The summed E-state index contributed by atoms with van der Waals surface area (Å²) in [5, 5.41) is 10.2. The molecule has 0 fully saturated rings. The summed E-state index contributed by atoms with van der Waals surface area (Å²) in [6, 6.07) is 11.9. The number of fused-ring (bicyclic) bond motifs is 1. The summed E-state index contributed by atoms with van der Waals surface area (Å²) in [7, 11) is 1.60. The Labute approximate surface area is 144 Å². The van der Waals surface area contributed by atoms with E-state index in [1.54, 1.807) is 43.5 Å². The van der Waals surface area contributed by atoms with Crippen LogP contribution in [0, 0.1) is 0 Å². The van der Waals surface area contributed by atoms with E-state index in [1.807, 2.05) is 0 Å². The minimum Gasteiger partial charge on any atom is -0.508 e. The molecule has 0 atom stereocenters. The van der Waals surface area contributed by atoms with Crippen molar-refractivity contribution in [1.82, 2.24) is 0 Å². The van der Waals surface area contributed by atoms with Crippen molar-refractivity contribution in [3.05, 3.63) is 54.3 Å². The first-order valence-electron chi connectivity index (χ1n) is 7.77. The number of esters is 1. The highest BCUT2D eigenvalue weighted by Crippen LogP contribution is 2.25. The number of furan rings is 1. The topological polar surface area (TPSA) is 78.1 Å². The van der Waals surface area contributed by atoms with Gasteiger partial charge in [0.2, 0.25) is 0 Å². The Morgan fingerprint density at radius 2 is 1.84 bits per heavy atom. The van der Waals surface area contributed by atoms with Gasteiger partial charge in [0.1, 0.15) is 36.0 Å². The van der Waals surface area contributed by atoms with E-state index in [0.717, 1.165) is 16.7 Å². The molecule has 1 heterocycles. The van der Waals surface area contributed by atoms with E-state index >= 15 is 0 Å². The molecule has 0 spiro atoms. The molecule has 0 amide bonds. The fraction of sp³-hybridized carbons (Fsp3) is 0.211. The average Bonchev–Trinajstić information content (AvgIpc) is 3.01. The number of hydrogen-bond acceptors (Lipinski definition) is 6. The highest BCUT2D eigenvalue weighted by atomic mass is 16.6. The molecule has 0 unspecified atom stereocenters. The Kier molecular flexibility index (Phi) is 5.09. The molecule has 0 radical (unpaired) electrons. The SMILES string of the molecule is COc1ccc(OCCOC(=O)Cc2coc3cc(O)ccc23)cc1. The van der Waals surface area contributed by atoms with Crippen LogP contribution in [0.5, 0.6) is 17.2 Å². The molecular weight excluding hydrogens is 324 g/mol. The first-order valence-corrected chi connectivity index (χ1v) is 7.77. The van der Waals surface area contributed by atoms with E-state index in [2.05, 4.69) is 0 Å². The standard InChI is InChI=1S/C19H18O6/c1-22-15-3-5-16(6-4-15)23-8-9-24-19(21)10-13-12-25-18-11-14(20)2-7-17(13)18/h2-7,11-12,20H,8-10H2,1H3. The second-order valence-electron chi connectivity index (χ2n) is 5.36. The lowest BCUT2D eigenvalue weighted by Crippen LogP contribution is -2.13. The van der Waals surface area contributed by atoms with E-state index in [0.29, 0.717) is 11.3 Å². The number of phenols is 1. The molecule has 0 aliphatic rings.